The van der Waals surface area contributed by atoms with Crippen LogP contribution in [0.15, 0.2) is 23.1 Å². The maximum Gasteiger partial charge on any atom is 0.287 e. The van der Waals surface area contributed by atoms with Gasteiger partial charge in [-0.05, 0) is 31.8 Å². The van der Waals surface area contributed by atoms with Crippen LogP contribution in [0.25, 0.3) is 0 Å². The largest absolute Gasteiger partial charge is 0.312 e. The van der Waals surface area contributed by atoms with Gasteiger partial charge in [-0.15, -0.1) is 0 Å². The molecule has 0 saturated carbocycles. The van der Waals surface area contributed by atoms with Crippen LogP contribution in [-0.2, 0) is 14.0 Å². The SMILES string of the molecule is C[Si](C)(C)OS(=O)(=O)c1cc([Si](C)(C)C)cc([Si](C)(C)C)c1. The predicted octanol–water partition coefficient (Wildman–Crippen LogP) is 3.32. The molecule has 0 N–H and O–H groups in total. The maximum absolute atomic E-state index is 12.6. The summed E-state index contributed by atoms with van der Waals surface area (Å²) in [6, 6.07) is 5.91. The lowest BCUT2D eigenvalue weighted by atomic mass is 10.4. The summed E-state index contributed by atoms with van der Waals surface area (Å²) >= 11 is 0. The number of rotatable bonds is 5. The second-order valence-corrected chi connectivity index (χ2v) is 25.3. The Balaban J connectivity index is 3.55. The highest BCUT2D eigenvalue weighted by atomic mass is 32.2. The molecule has 0 bridgehead atoms. The highest BCUT2D eigenvalue weighted by Crippen LogP contribution is 2.18. The molecule has 22 heavy (non-hydrogen) atoms. The first-order valence-corrected chi connectivity index (χ1v) is 19.5. The van der Waals surface area contributed by atoms with Crippen LogP contribution in [0.2, 0.25) is 58.9 Å². The van der Waals surface area contributed by atoms with Crippen LogP contribution in [0, 0.1) is 0 Å². The van der Waals surface area contributed by atoms with Gasteiger partial charge in [-0.25, -0.2) is 0 Å². The molecule has 0 radical (unpaired) electrons. The molecule has 0 atom stereocenters. The fraction of sp³-hybridized carbons (Fsp3) is 0.600. The molecule has 0 aliphatic heterocycles. The Labute approximate surface area is 139 Å². The standard InChI is InChI=1S/C15H30O3SSi3/c1-20(2,3)14-10-13(11-15(12-14)21(4,5)6)19(16,17)18-22(7,8)9/h10-12H,1-9H3. The Morgan fingerprint density at radius 1 is 0.727 bits per heavy atom. The molecule has 1 aromatic rings. The van der Waals surface area contributed by atoms with Gasteiger partial charge in [0.1, 0.15) is 0 Å². The molecular formula is C15H30O3SSi3. The predicted molar refractivity (Wildman–Crippen MR) is 104 cm³/mol. The molecule has 3 nitrogen and oxygen atoms in total. The molecule has 0 aliphatic carbocycles. The van der Waals surface area contributed by atoms with E-state index in [1.54, 1.807) is 0 Å². The number of hydrogen-bond acceptors (Lipinski definition) is 3. The van der Waals surface area contributed by atoms with Crippen molar-refractivity contribution < 1.29 is 12.3 Å². The first kappa shape index (κ1) is 19.8. The molecule has 0 spiro atoms. The summed E-state index contributed by atoms with van der Waals surface area (Å²) in [6.07, 6.45) is 0. The molecule has 0 heterocycles. The third-order valence-electron chi connectivity index (χ3n) is 3.29. The Bertz CT molecular complexity index is 616. The minimum absolute atomic E-state index is 0.340. The van der Waals surface area contributed by atoms with Crippen LogP contribution in [0.4, 0.5) is 0 Å². The zero-order valence-electron chi connectivity index (χ0n) is 15.4. The van der Waals surface area contributed by atoms with Gasteiger partial charge in [-0.1, -0.05) is 55.7 Å². The van der Waals surface area contributed by atoms with Gasteiger partial charge < -0.3 is 3.87 Å². The van der Waals surface area contributed by atoms with Gasteiger partial charge >= 0.3 is 0 Å². The summed E-state index contributed by atoms with van der Waals surface area (Å²) in [5, 5.41) is 2.37. The van der Waals surface area contributed by atoms with Crippen molar-refractivity contribution in [2.75, 3.05) is 0 Å². The van der Waals surface area contributed by atoms with Gasteiger partial charge in [-0.3, -0.25) is 0 Å². The topological polar surface area (TPSA) is 43.4 Å². The molecule has 0 aromatic heterocycles. The van der Waals surface area contributed by atoms with Gasteiger partial charge in [0.05, 0.1) is 21.0 Å². The monoisotopic (exact) mass is 374 g/mol. The van der Waals surface area contributed by atoms with Crippen LogP contribution in [0.3, 0.4) is 0 Å². The molecule has 1 aromatic carbocycles. The third-order valence-corrected chi connectivity index (χ3v) is 11.0. The summed E-state index contributed by atoms with van der Waals surface area (Å²) in [6.45, 7) is 19.1. The van der Waals surface area contributed by atoms with E-state index < -0.39 is 34.6 Å². The van der Waals surface area contributed by atoms with E-state index in [0.29, 0.717) is 4.90 Å². The van der Waals surface area contributed by atoms with E-state index in [9.17, 15) is 8.42 Å². The van der Waals surface area contributed by atoms with Gasteiger partial charge in [0.15, 0.2) is 0 Å². The smallest absolute Gasteiger partial charge is 0.287 e. The van der Waals surface area contributed by atoms with E-state index in [1.807, 2.05) is 31.8 Å². The fourth-order valence-electron chi connectivity index (χ4n) is 1.99. The summed E-state index contributed by atoms with van der Waals surface area (Å²) < 4.78 is 30.8. The first-order valence-electron chi connectivity index (χ1n) is 7.64. The zero-order chi connectivity index (χ0) is 17.6. The van der Waals surface area contributed by atoms with Crippen molar-refractivity contribution in [3.05, 3.63) is 18.2 Å². The Hall–Kier alpha value is -0.219. The van der Waals surface area contributed by atoms with Gasteiger partial charge in [-0.2, -0.15) is 8.42 Å². The van der Waals surface area contributed by atoms with Crippen LogP contribution < -0.4 is 10.4 Å². The molecule has 0 fully saturated rings. The summed E-state index contributed by atoms with van der Waals surface area (Å²) in [4.78, 5) is 0.340. The summed E-state index contributed by atoms with van der Waals surface area (Å²) in [5.41, 5.74) is 0. The zero-order valence-corrected chi connectivity index (χ0v) is 19.2. The van der Waals surface area contributed by atoms with E-state index in [1.165, 1.54) is 10.4 Å². The lowest BCUT2D eigenvalue weighted by Gasteiger charge is -2.25. The van der Waals surface area contributed by atoms with Gasteiger partial charge in [0.2, 0.25) is 8.32 Å². The normalized spacial score (nSPS) is 14.2. The lowest BCUT2D eigenvalue weighted by molar-refractivity contribution is 0.486. The van der Waals surface area contributed by atoms with Crippen LogP contribution in [-0.4, -0.2) is 32.9 Å². The van der Waals surface area contributed by atoms with Crippen molar-refractivity contribution in [3.8, 4) is 0 Å². The van der Waals surface area contributed by atoms with Crippen LogP contribution in [0.1, 0.15) is 0 Å². The second-order valence-electron chi connectivity index (χ2n) is 8.90. The van der Waals surface area contributed by atoms with Gasteiger partial charge in [0.25, 0.3) is 10.1 Å². The number of hydrogen-bond donors (Lipinski definition) is 0. The van der Waals surface area contributed by atoms with E-state index in [2.05, 4.69) is 45.3 Å². The van der Waals surface area contributed by atoms with E-state index in [0.717, 1.165) is 0 Å². The van der Waals surface area contributed by atoms with E-state index in [-0.39, 0.29) is 0 Å². The molecule has 7 heteroatoms. The molecule has 1 rings (SSSR count). The Morgan fingerprint density at radius 2 is 1.09 bits per heavy atom. The fourth-order valence-corrected chi connectivity index (χ4v) is 8.25. The molecular weight excluding hydrogens is 344 g/mol. The molecule has 0 unspecified atom stereocenters. The van der Waals surface area contributed by atoms with Crippen LogP contribution in [0.5, 0.6) is 0 Å². The van der Waals surface area contributed by atoms with Crippen molar-refractivity contribution in [2.45, 2.75) is 63.8 Å². The lowest BCUT2D eigenvalue weighted by Crippen LogP contribution is -2.46. The number of benzene rings is 1. The molecule has 0 saturated heterocycles. The Kier molecular flexibility index (Phi) is 5.42. The minimum atomic E-state index is -3.68. The molecule has 126 valence electrons. The van der Waals surface area contributed by atoms with Crippen LogP contribution >= 0.6 is 0 Å². The summed E-state index contributed by atoms with van der Waals surface area (Å²) in [5.74, 6) is 0. The third kappa shape index (κ3) is 5.45. The van der Waals surface area contributed by atoms with Crippen molar-refractivity contribution in [1.29, 1.82) is 0 Å². The van der Waals surface area contributed by atoms with E-state index >= 15 is 0 Å². The summed E-state index contributed by atoms with van der Waals surface area (Å²) in [7, 11) is -9.04. The van der Waals surface area contributed by atoms with Crippen molar-refractivity contribution in [3.63, 3.8) is 0 Å². The quantitative estimate of drug-likeness (QED) is 0.743. The maximum atomic E-state index is 12.6. The second kappa shape index (κ2) is 6.01. The van der Waals surface area contributed by atoms with Gasteiger partial charge in [0, 0.05) is 0 Å². The van der Waals surface area contributed by atoms with Crippen molar-refractivity contribution >= 4 is 45.0 Å². The van der Waals surface area contributed by atoms with Crippen molar-refractivity contribution in [2.24, 2.45) is 0 Å². The van der Waals surface area contributed by atoms with E-state index in [4.69, 9.17) is 3.87 Å². The first-order chi connectivity index (χ1) is 9.52. The van der Waals surface area contributed by atoms with Crippen molar-refractivity contribution in [1.82, 2.24) is 0 Å². The average molecular weight is 375 g/mol. The minimum Gasteiger partial charge on any atom is -0.312 e. The average Bonchev–Trinajstić information content (AvgIpc) is 2.22. The molecule has 0 amide bonds. The molecule has 0 aliphatic rings. The highest BCUT2D eigenvalue weighted by Gasteiger charge is 2.30. The Morgan fingerprint density at radius 3 is 1.36 bits per heavy atom. The highest BCUT2D eigenvalue weighted by molar-refractivity contribution is 7.87.